The Balaban J connectivity index is 2.10. The molecule has 2 N–H and O–H groups in total. The fraction of sp³-hybridized carbons (Fsp3) is 0.571. The Bertz CT molecular complexity index is 545. The first-order valence-electron chi connectivity index (χ1n) is 6.97. The lowest BCUT2D eigenvalue weighted by atomic mass is 10.2. The molecular weight excluding hydrogens is 274 g/mol. The fourth-order valence-electron chi connectivity index (χ4n) is 2.62. The van der Waals surface area contributed by atoms with Crippen LogP contribution in [-0.2, 0) is 16.6 Å². The lowest BCUT2D eigenvalue weighted by molar-refractivity contribution is 0.311. The van der Waals surface area contributed by atoms with E-state index in [0.29, 0.717) is 24.0 Å². The number of hydrogen-bond donors (Lipinski definition) is 2. The molecule has 5 nitrogen and oxygen atoms in total. The Labute approximate surface area is 121 Å². The molecule has 6 heteroatoms. The quantitative estimate of drug-likeness (QED) is 0.814. The molecule has 0 aromatic heterocycles. The van der Waals surface area contributed by atoms with Crippen molar-refractivity contribution in [3.63, 3.8) is 0 Å². The summed E-state index contributed by atoms with van der Waals surface area (Å²) in [5, 5.41) is 3.00. The second kappa shape index (κ2) is 6.67. The van der Waals surface area contributed by atoms with Gasteiger partial charge in [-0.3, -0.25) is 0 Å². The van der Waals surface area contributed by atoms with Gasteiger partial charge in [-0.1, -0.05) is 18.2 Å². The molecule has 0 radical (unpaired) electrons. The van der Waals surface area contributed by atoms with Crippen LogP contribution in [0, 0.1) is 0 Å². The molecule has 1 aliphatic heterocycles. The van der Waals surface area contributed by atoms with E-state index in [0.717, 1.165) is 24.9 Å². The monoisotopic (exact) mass is 297 g/mol. The van der Waals surface area contributed by atoms with Crippen LogP contribution in [0.5, 0.6) is 0 Å². The zero-order chi connectivity index (χ0) is 14.6. The highest BCUT2D eigenvalue weighted by molar-refractivity contribution is 7.89. The van der Waals surface area contributed by atoms with E-state index in [1.54, 1.807) is 12.1 Å². The average Bonchev–Trinajstić information content (AvgIpc) is 2.83. The van der Waals surface area contributed by atoms with Gasteiger partial charge in [-0.25, -0.2) is 13.1 Å². The van der Waals surface area contributed by atoms with Crippen molar-refractivity contribution in [1.82, 2.24) is 14.9 Å². The number of nitrogens with one attached hydrogen (secondary N) is 2. The molecule has 1 unspecified atom stereocenters. The summed E-state index contributed by atoms with van der Waals surface area (Å²) in [6.07, 6.45) is 2.19. The highest BCUT2D eigenvalue weighted by Crippen LogP contribution is 2.17. The Morgan fingerprint density at radius 2 is 2.10 bits per heavy atom. The minimum atomic E-state index is -3.44. The molecule has 0 bridgehead atoms. The van der Waals surface area contributed by atoms with Crippen LogP contribution in [0.4, 0.5) is 0 Å². The average molecular weight is 297 g/mol. The summed E-state index contributed by atoms with van der Waals surface area (Å²) in [6.45, 7) is 2.07. The molecule has 1 aromatic carbocycles. The van der Waals surface area contributed by atoms with Crippen LogP contribution >= 0.6 is 0 Å². The summed E-state index contributed by atoms with van der Waals surface area (Å²) in [6, 6.07) is 7.42. The topological polar surface area (TPSA) is 61.4 Å². The highest BCUT2D eigenvalue weighted by atomic mass is 32.2. The third kappa shape index (κ3) is 3.58. The van der Waals surface area contributed by atoms with Crippen LogP contribution in [-0.4, -0.2) is 46.5 Å². The minimum Gasteiger partial charge on any atom is -0.316 e. The van der Waals surface area contributed by atoms with Crippen LogP contribution in [0.1, 0.15) is 18.4 Å². The second-order valence-electron chi connectivity index (χ2n) is 5.27. The molecule has 1 aromatic rings. The third-order valence-corrected chi connectivity index (χ3v) is 5.33. The molecule has 2 rings (SSSR count). The smallest absolute Gasteiger partial charge is 0.240 e. The lowest BCUT2D eigenvalue weighted by Crippen LogP contribution is -2.38. The van der Waals surface area contributed by atoms with Gasteiger partial charge in [0.05, 0.1) is 4.90 Å². The fourth-order valence-corrected chi connectivity index (χ4v) is 3.93. The van der Waals surface area contributed by atoms with Crippen molar-refractivity contribution < 1.29 is 8.42 Å². The minimum absolute atomic E-state index is 0.307. The van der Waals surface area contributed by atoms with Crippen LogP contribution < -0.4 is 10.0 Å². The van der Waals surface area contributed by atoms with Crippen molar-refractivity contribution in [3.8, 4) is 0 Å². The van der Waals surface area contributed by atoms with Crippen LogP contribution in [0.3, 0.4) is 0 Å². The number of rotatable bonds is 6. The lowest BCUT2D eigenvalue weighted by Gasteiger charge is -2.20. The van der Waals surface area contributed by atoms with Crippen LogP contribution in [0.25, 0.3) is 0 Å². The zero-order valence-electron chi connectivity index (χ0n) is 12.1. The van der Waals surface area contributed by atoms with Crippen molar-refractivity contribution in [2.75, 3.05) is 27.2 Å². The van der Waals surface area contributed by atoms with Gasteiger partial charge in [0.25, 0.3) is 0 Å². The molecule has 1 saturated heterocycles. The molecule has 1 fully saturated rings. The third-order valence-electron chi connectivity index (χ3n) is 3.81. The molecule has 1 heterocycles. The zero-order valence-corrected chi connectivity index (χ0v) is 12.9. The largest absolute Gasteiger partial charge is 0.316 e. The maximum absolute atomic E-state index is 12.4. The van der Waals surface area contributed by atoms with Gasteiger partial charge in [0, 0.05) is 19.1 Å². The Hall–Kier alpha value is -0.950. The van der Waals surface area contributed by atoms with Gasteiger partial charge in [0.15, 0.2) is 0 Å². The van der Waals surface area contributed by atoms with Crippen molar-refractivity contribution in [2.24, 2.45) is 0 Å². The molecule has 20 heavy (non-hydrogen) atoms. The summed E-state index contributed by atoms with van der Waals surface area (Å²) in [4.78, 5) is 2.58. The normalized spacial score (nSPS) is 20.4. The maximum Gasteiger partial charge on any atom is 0.240 e. The van der Waals surface area contributed by atoms with E-state index in [1.807, 2.05) is 26.2 Å². The molecule has 0 amide bonds. The van der Waals surface area contributed by atoms with Crippen molar-refractivity contribution in [1.29, 1.82) is 0 Å². The molecular formula is C14H23N3O2S. The second-order valence-corrected chi connectivity index (χ2v) is 7.00. The number of likely N-dealkylation sites (N-methyl/N-ethyl adjacent to an activating group) is 1. The van der Waals surface area contributed by atoms with E-state index in [1.165, 1.54) is 0 Å². The Morgan fingerprint density at radius 1 is 1.35 bits per heavy atom. The number of nitrogens with zero attached hydrogens (tertiary/aromatic N) is 1. The van der Waals surface area contributed by atoms with Gasteiger partial charge in [0.2, 0.25) is 10.0 Å². The van der Waals surface area contributed by atoms with E-state index in [9.17, 15) is 8.42 Å². The maximum atomic E-state index is 12.4. The van der Waals surface area contributed by atoms with Gasteiger partial charge in [-0.2, -0.15) is 0 Å². The first-order chi connectivity index (χ1) is 9.54. The van der Waals surface area contributed by atoms with Gasteiger partial charge in [-0.05, 0) is 45.1 Å². The number of likely N-dealkylation sites (tertiary alicyclic amines) is 1. The number of sulfonamides is 1. The predicted octanol–water partition coefficient (Wildman–Crippen LogP) is 0.779. The Morgan fingerprint density at radius 3 is 2.75 bits per heavy atom. The van der Waals surface area contributed by atoms with Crippen molar-refractivity contribution >= 4 is 10.0 Å². The van der Waals surface area contributed by atoms with Gasteiger partial charge >= 0.3 is 0 Å². The first kappa shape index (κ1) is 15.4. The van der Waals surface area contributed by atoms with Crippen molar-refractivity contribution in [2.45, 2.75) is 30.3 Å². The molecule has 0 spiro atoms. The molecule has 0 aliphatic carbocycles. The van der Waals surface area contributed by atoms with Crippen LogP contribution in [0.15, 0.2) is 29.2 Å². The summed E-state index contributed by atoms with van der Waals surface area (Å²) >= 11 is 0. The summed E-state index contributed by atoms with van der Waals surface area (Å²) in [5.74, 6) is 0. The number of hydrogen-bond acceptors (Lipinski definition) is 4. The van der Waals surface area contributed by atoms with E-state index < -0.39 is 10.0 Å². The SMILES string of the molecule is CNCc1ccccc1S(=O)(=O)NCC1CCCN1C. The van der Waals surface area contributed by atoms with Gasteiger partial charge in [0.1, 0.15) is 0 Å². The highest BCUT2D eigenvalue weighted by Gasteiger charge is 2.24. The number of benzene rings is 1. The standard InChI is InChI=1S/C14H23N3O2S/c1-15-10-12-6-3-4-8-14(12)20(18,19)16-11-13-7-5-9-17(13)2/h3-4,6,8,13,15-16H,5,7,9-11H2,1-2H3. The first-order valence-corrected chi connectivity index (χ1v) is 8.45. The Kier molecular flexibility index (Phi) is 5.15. The predicted molar refractivity (Wildman–Crippen MR) is 80.0 cm³/mol. The summed E-state index contributed by atoms with van der Waals surface area (Å²) < 4.78 is 27.6. The molecule has 0 saturated carbocycles. The molecule has 1 aliphatic rings. The summed E-state index contributed by atoms with van der Waals surface area (Å²) in [5.41, 5.74) is 0.794. The van der Waals surface area contributed by atoms with Crippen LogP contribution in [0.2, 0.25) is 0 Å². The van der Waals surface area contributed by atoms with E-state index in [4.69, 9.17) is 0 Å². The van der Waals surface area contributed by atoms with Gasteiger partial charge < -0.3 is 10.2 Å². The van der Waals surface area contributed by atoms with E-state index in [2.05, 4.69) is 14.9 Å². The molecule has 112 valence electrons. The molecule has 1 atom stereocenters. The van der Waals surface area contributed by atoms with E-state index >= 15 is 0 Å². The summed E-state index contributed by atoms with van der Waals surface area (Å²) in [7, 11) is 0.412. The van der Waals surface area contributed by atoms with E-state index in [-0.39, 0.29) is 0 Å². The van der Waals surface area contributed by atoms with Crippen molar-refractivity contribution in [3.05, 3.63) is 29.8 Å². The van der Waals surface area contributed by atoms with Gasteiger partial charge in [-0.15, -0.1) is 0 Å².